The SMILES string of the molecule is C=CCNC1(C(=O)OCC)CCOC1. The van der Waals surface area contributed by atoms with Crippen molar-refractivity contribution in [2.45, 2.75) is 18.9 Å². The number of esters is 1. The van der Waals surface area contributed by atoms with Gasteiger partial charge in [-0.3, -0.25) is 5.32 Å². The molecule has 1 rings (SSSR count). The zero-order valence-corrected chi connectivity index (χ0v) is 8.54. The van der Waals surface area contributed by atoms with Gasteiger partial charge in [0.1, 0.15) is 5.54 Å². The van der Waals surface area contributed by atoms with Crippen molar-refractivity contribution in [3.05, 3.63) is 12.7 Å². The van der Waals surface area contributed by atoms with Crippen molar-refractivity contribution in [1.82, 2.24) is 5.32 Å². The van der Waals surface area contributed by atoms with Gasteiger partial charge in [0.2, 0.25) is 0 Å². The van der Waals surface area contributed by atoms with Gasteiger partial charge in [0.25, 0.3) is 0 Å². The smallest absolute Gasteiger partial charge is 0.328 e. The quantitative estimate of drug-likeness (QED) is 0.517. The zero-order chi connectivity index (χ0) is 10.4. The molecule has 0 radical (unpaired) electrons. The van der Waals surface area contributed by atoms with Crippen LogP contribution in [0.2, 0.25) is 0 Å². The summed E-state index contributed by atoms with van der Waals surface area (Å²) in [5, 5.41) is 3.11. The van der Waals surface area contributed by atoms with Crippen LogP contribution in [0, 0.1) is 0 Å². The Kier molecular flexibility index (Phi) is 4.10. The van der Waals surface area contributed by atoms with Crippen molar-refractivity contribution in [2.24, 2.45) is 0 Å². The predicted octanol–water partition coefficient (Wildman–Crippen LogP) is 0.484. The minimum Gasteiger partial charge on any atom is -0.465 e. The maximum atomic E-state index is 11.7. The highest BCUT2D eigenvalue weighted by molar-refractivity contribution is 5.81. The maximum absolute atomic E-state index is 11.7. The fraction of sp³-hybridized carbons (Fsp3) is 0.700. The molecular weight excluding hydrogens is 182 g/mol. The van der Waals surface area contributed by atoms with Gasteiger partial charge in [-0.25, -0.2) is 4.79 Å². The average Bonchev–Trinajstić information content (AvgIpc) is 2.65. The minimum absolute atomic E-state index is 0.223. The van der Waals surface area contributed by atoms with Crippen LogP contribution in [-0.2, 0) is 14.3 Å². The molecule has 0 aromatic rings. The lowest BCUT2D eigenvalue weighted by atomic mass is 9.99. The molecular formula is C10H17NO3. The molecule has 1 atom stereocenters. The van der Waals surface area contributed by atoms with E-state index >= 15 is 0 Å². The number of hydrogen-bond donors (Lipinski definition) is 1. The monoisotopic (exact) mass is 199 g/mol. The van der Waals surface area contributed by atoms with Gasteiger partial charge in [-0.2, -0.15) is 0 Å². The third kappa shape index (κ3) is 2.33. The fourth-order valence-electron chi connectivity index (χ4n) is 1.47. The molecule has 0 saturated carbocycles. The molecule has 0 spiro atoms. The van der Waals surface area contributed by atoms with E-state index in [2.05, 4.69) is 11.9 Å². The Morgan fingerprint density at radius 1 is 1.79 bits per heavy atom. The molecule has 14 heavy (non-hydrogen) atoms. The van der Waals surface area contributed by atoms with Crippen LogP contribution >= 0.6 is 0 Å². The first-order chi connectivity index (χ1) is 6.75. The van der Waals surface area contributed by atoms with Crippen molar-refractivity contribution in [3.8, 4) is 0 Å². The predicted molar refractivity (Wildman–Crippen MR) is 53.0 cm³/mol. The van der Waals surface area contributed by atoms with Crippen LogP contribution < -0.4 is 5.32 Å². The molecule has 1 aliphatic rings. The topological polar surface area (TPSA) is 47.6 Å². The standard InChI is InChI=1S/C10H17NO3/c1-3-6-11-10(5-7-13-8-10)9(12)14-4-2/h3,11H,1,4-8H2,2H3. The Bertz CT molecular complexity index is 209. The van der Waals surface area contributed by atoms with Gasteiger partial charge >= 0.3 is 5.97 Å². The number of rotatable bonds is 5. The van der Waals surface area contributed by atoms with Crippen LogP contribution in [0.5, 0.6) is 0 Å². The molecule has 0 amide bonds. The van der Waals surface area contributed by atoms with Crippen molar-refractivity contribution >= 4 is 5.97 Å². The summed E-state index contributed by atoms with van der Waals surface area (Å²) in [4.78, 5) is 11.7. The summed E-state index contributed by atoms with van der Waals surface area (Å²) < 4.78 is 10.2. The molecule has 1 heterocycles. The summed E-state index contributed by atoms with van der Waals surface area (Å²) in [6.45, 7) is 7.38. The van der Waals surface area contributed by atoms with Gasteiger partial charge in [0, 0.05) is 19.6 Å². The van der Waals surface area contributed by atoms with Crippen LogP contribution in [0.1, 0.15) is 13.3 Å². The molecule has 1 saturated heterocycles. The summed E-state index contributed by atoms with van der Waals surface area (Å²) in [5.41, 5.74) is -0.649. The highest BCUT2D eigenvalue weighted by Gasteiger charge is 2.42. The molecule has 0 aromatic carbocycles. The lowest BCUT2D eigenvalue weighted by Gasteiger charge is -2.25. The Morgan fingerprint density at radius 2 is 2.57 bits per heavy atom. The third-order valence-corrected chi connectivity index (χ3v) is 2.27. The summed E-state index contributed by atoms with van der Waals surface area (Å²) in [5.74, 6) is -0.223. The van der Waals surface area contributed by atoms with Crippen molar-refractivity contribution in [1.29, 1.82) is 0 Å². The highest BCUT2D eigenvalue weighted by Crippen LogP contribution is 2.20. The van der Waals surface area contributed by atoms with Crippen molar-refractivity contribution in [2.75, 3.05) is 26.4 Å². The molecule has 4 heteroatoms. The number of ether oxygens (including phenoxy) is 2. The normalized spacial score (nSPS) is 26.1. The summed E-state index contributed by atoms with van der Waals surface area (Å²) >= 11 is 0. The van der Waals surface area contributed by atoms with Crippen LogP contribution in [0.15, 0.2) is 12.7 Å². The third-order valence-electron chi connectivity index (χ3n) is 2.27. The van der Waals surface area contributed by atoms with Crippen molar-refractivity contribution < 1.29 is 14.3 Å². The Hall–Kier alpha value is -0.870. The molecule has 80 valence electrons. The molecule has 1 fully saturated rings. The lowest BCUT2D eigenvalue weighted by molar-refractivity contribution is -0.151. The Morgan fingerprint density at radius 3 is 3.07 bits per heavy atom. The Balaban J connectivity index is 2.60. The van der Waals surface area contributed by atoms with E-state index in [-0.39, 0.29) is 5.97 Å². The van der Waals surface area contributed by atoms with Crippen molar-refractivity contribution in [3.63, 3.8) is 0 Å². The fourth-order valence-corrected chi connectivity index (χ4v) is 1.47. The molecule has 4 nitrogen and oxygen atoms in total. The second-order valence-corrected chi connectivity index (χ2v) is 3.27. The van der Waals surface area contributed by atoms with Crippen LogP contribution in [-0.4, -0.2) is 37.9 Å². The van der Waals surface area contributed by atoms with E-state index in [9.17, 15) is 4.79 Å². The van der Waals surface area contributed by atoms with E-state index < -0.39 is 5.54 Å². The van der Waals surface area contributed by atoms with E-state index in [1.807, 2.05) is 0 Å². The summed E-state index contributed by atoms with van der Waals surface area (Å²) in [6, 6.07) is 0. The van der Waals surface area contributed by atoms with E-state index in [4.69, 9.17) is 9.47 Å². The highest BCUT2D eigenvalue weighted by atomic mass is 16.5. The number of carbonyl (C=O) groups excluding carboxylic acids is 1. The molecule has 1 aliphatic heterocycles. The minimum atomic E-state index is -0.649. The van der Waals surface area contributed by atoms with Gasteiger partial charge in [0.15, 0.2) is 0 Å². The average molecular weight is 199 g/mol. The van der Waals surface area contributed by atoms with Gasteiger partial charge < -0.3 is 9.47 Å². The van der Waals surface area contributed by atoms with E-state index in [1.165, 1.54) is 0 Å². The van der Waals surface area contributed by atoms with Crippen LogP contribution in [0.25, 0.3) is 0 Å². The first kappa shape index (κ1) is 11.2. The molecule has 0 aromatic heterocycles. The largest absolute Gasteiger partial charge is 0.465 e. The number of nitrogens with one attached hydrogen (secondary N) is 1. The maximum Gasteiger partial charge on any atom is 0.328 e. The van der Waals surface area contributed by atoms with Crippen LogP contribution in [0.3, 0.4) is 0 Å². The first-order valence-corrected chi connectivity index (χ1v) is 4.86. The Labute approximate surface area is 84.3 Å². The summed E-state index contributed by atoms with van der Waals surface area (Å²) in [6.07, 6.45) is 2.39. The van der Waals surface area contributed by atoms with E-state index in [1.54, 1.807) is 13.0 Å². The van der Waals surface area contributed by atoms with Gasteiger partial charge in [0.05, 0.1) is 13.2 Å². The van der Waals surface area contributed by atoms with E-state index in [0.717, 1.165) is 0 Å². The molecule has 1 unspecified atom stereocenters. The van der Waals surface area contributed by atoms with Gasteiger partial charge in [-0.1, -0.05) is 6.08 Å². The molecule has 0 bridgehead atoms. The lowest BCUT2D eigenvalue weighted by Crippen LogP contribution is -2.53. The second kappa shape index (κ2) is 5.12. The van der Waals surface area contributed by atoms with Gasteiger partial charge in [-0.05, 0) is 6.92 Å². The van der Waals surface area contributed by atoms with Crippen LogP contribution in [0.4, 0.5) is 0 Å². The number of hydrogen-bond acceptors (Lipinski definition) is 4. The van der Waals surface area contributed by atoms with E-state index in [0.29, 0.717) is 32.8 Å². The zero-order valence-electron chi connectivity index (χ0n) is 8.54. The van der Waals surface area contributed by atoms with Gasteiger partial charge in [-0.15, -0.1) is 6.58 Å². The molecule has 1 N–H and O–H groups in total. The number of carbonyl (C=O) groups is 1. The molecule has 0 aliphatic carbocycles. The summed E-state index contributed by atoms with van der Waals surface area (Å²) in [7, 11) is 0. The second-order valence-electron chi connectivity index (χ2n) is 3.27. The first-order valence-electron chi connectivity index (χ1n) is 4.86.